The van der Waals surface area contributed by atoms with E-state index in [0.29, 0.717) is 6.42 Å². The van der Waals surface area contributed by atoms with Crippen LogP contribution in [-0.4, -0.2) is 123 Å². The van der Waals surface area contributed by atoms with Crippen LogP contribution in [0.15, 0.2) is 212 Å². The summed E-state index contributed by atoms with van der Waals surface area (Å²) in [7, 11) is 0. The van der Waals surface area contributed by atoms with Crippen molar-refractivity contribution in [2.45, 2.75) is 100 Å². The minimum atomic E-state index is -2.24. The van der Waals surface area contributed by atoms with Gasteiger partial charge in [0.1, 0.15) is 25.4 Å². The van der Waals surface area contributed by atoms with E-state index >= 15 is 0 Å². The molecule has 7 aromatic carbocycles. The highest BCUT2D eigenvalue weighted by Gasteiger charge is 2.63. The summed E-state index contributed by atoms with van der Waals surface area (Å²) in [6, 6.07) is 55.8. The molecule has 7 aromatic rings. The van der Waals surface area contributed by atoms with Gasteiger partial charge in [0.15, 0.2) is 36.8 Å². The summed E-state index contributed by atoms with van der Waals surface area (Å²) < 4.78 is 70.5. The Labute approximate surface area is 503 Å². The van der Waals surface area contributed by atoms with Crippen LogP contribution in [0, 0.1) is 0 Å². The van der Waals surface area contributed by atoms with Crippen molar-refractivity contribution in [1.29, 1.82) is 0 Å². The van der Waals surface area contributed by atoms with Crippen molar-refractivity contribution in [3.8, 4) is 0 Å². The molecule has 2 fully saturated rings. The van der Waals surface area contributed by atoms with E-state index in [1.165, 1.54) is 72.8 Å². The average Bonchev–Trinajstić information content (AvgIpc) is 2.62. The third-order valence-electron chi connectivity index (χ3n) is 14.4. The van der Waals surface area contributed by atoms with E-state index in [1.54, 1.807) is 140 Å². The highest BCUT2D eigenvalue weighted by Crippen LogP contribution is 2.40. The number of hydrogen-bond donors (Lipinski definition) is 0. The summed E-state index contributed by atoms with van der Waals surface area (Å²) in [6.45, 7) is -0.0212. The maximum absolute atomic E-state index is 14.5. The van der Waals surface area contributed by atoms with Gasteiger partial charge in [-0.05, 0) is 91.3 Å². The van der Waals surface area contributed by atoms with Crippen molar-refractivity contribution in [3.63, 3.8) is 0 Å². The SMILES string of the molecule is CCCCCCCCO[C@@]1(COC(=O)c2ccccc2)O[C@H](CO[C@H]2O[C@H](COC(=O)c3ccccc3)[C@@H](OC(=O)c3ccccc3)[C@H](OC(=O)c3ccccc3)[C@H]2OC(=O)c2ccccc2)[C@@H](OC(=O)c2ccccc2)[C@@H]1OC(=O)c1ccccc1. The van der Waals surface area contributed by atoms with Crippen LogP contribution in [0.1, 0.15) is 118 Å². The van der Waals surface area contributed by atoms with Crippen molar-refractivity contribution in [2.24, 2.45) is 0 Å². The molecule has 0 amide bonds. The highest BCUT2D eigenvalue weighted by atomic mass is 16.8. The molecule has 450 valence electrons. The molecular weight excluding hydrogens is 1120 g/mol. The summed E-state index contributed by atoms with van der Waals surface area (Å²) in [5, 5.41) is 0. The van der Waals surface area contributed by atoms with Gasteiger partial charge in [-0.1, -0.05) is 166 Å². The largest absolute Gasteiger partial charge is 0.459 e. The average molecular weight is 1180 g/mol. The molecule has 0 aliphatic carbocycles. The topological polar surface area (TPSA) is 221 Å². The van der Waals surface area contributed by atoms with Gasteiger partial charge in [-0.15, -0.1) is 0 Å². The summed E-state index contributed by atoms with van der Waals surface area (Å²) in [5.74, 6) is -8.42. The lowest BCUT2D eigenvalue weighted by Crippen LogP contribution is -2.63. The van der Waals surface area contributed by atoms with E-state index in [-0.39, 0.29) is 45.6 Å². The first kappa shape index (κ1) is 62.2. The van der Waals surface area contributed by atoms with Crippen LogP contribution in [0.2, 0.25) is 0 Å². The van der Waals surface area contributed by atoms with Crippen LogP contribution in [0.5, 0.6) is 0 Å². The van der Waals surface area contributed by atoms with E-state index in [1.807, 2.05) is 0 Å². The van der Waals surface area contributed by atoms with Gasteiger partial charge in [0.2, 0.25) is 5.79 Å². The predicted octanol–water partition coefficient (Wildman–Crippen LogP) is 11.0. The van der Waals surface area contributed by atoms with Crippen LogP contribution in [0.4, 0.5) is 0 Å². The molecule has 9 atom stereocenters. The molecule has 0 aromatic heterocycles. The third-order valence-corrected chi connectivity index (χ3v) is 14.4. The maximum atomic E-state index is 14.5. The predicted molar refractivity (Wildman–Crippen MR) is 313 cm³/mol. The normalized spacial score (nSPS) is 21.3. The highest BCUT2D eigenvalue weighted by molar-refractivity contribution is 5.93. The molecule has 0 bridgehead atoms. The summed E-state index contributed by atoms with van der Waals surface area (Å²) in [5.41, 5.74) is 0.725. The molecule has 2 aliphatic rings. The van der Waals surface area contributed by atoms with Crippen LogP contribution in [0.25, 0.3) is 0 Å². The van der Waals surface area contributed by atoms with Gasteiger partial charge in [-0.2, -0.15) is 0 Å². The number of unbranched alkanes of at least 4 members (excludes halogenated alkanes) is 5. The fraction of sp³-hybridized carbons (Fsp3) is 0.290. The van der Waals surface area contributed by atoms with E-state index in [9.17, 15) is 33.6 Å². The van der Waals surface area contributed by atoms with Crippen molar-refractivity contribution >= 4 is 41.8 Å². The fourth-order valence-electron chi connectivity index (χ4n) is 9.86. The maximum Gasteiger partial charge on any atom is 0.338 e. The number of carbonyl (C=O) groups excluding carboxylic acids is 7. The zero-order valence-corrected chi connectivity index (χ0v) is 47.7. The second kappa shape index (κ2) is 31.2. The Morgan fingerprint density at radius 3 is 1.16 bits per heavy atom. The summed E-state index contributed by atoms with van der Waals surface area (Å²) in [6.07, 6.45) is -8.62. The van der Waals surface area contributed by atoms with Gasteiger partial charge in [0.05, 0.1) is 52.2 Å². The van der Waals surface area contributed by atoms with Crippen LogP contribution >= 0.6 is 0 Å². The van der Waals surface area contributed by atoms with Crippen molar-refractivity contribution in [2.75, 3.05) is 26.4 Å². The van der Waals surface area contributed by atoms with E-state index < -0.39 is 116 Å². The van der Waals surface area contributed by atoms with Gasteiger partial charge in [0, 0.05) is 0 Å². The van der Waals surface area contributed by atoms with Gasteiger partial charge >= 0.3 is 41.8 Å². The first-order valence-electron chi connectivity index (χ1n) is 28.8. The van der Waals surface area contributed by atoms with Gasteiger partial charge in [-0.3, -0.25) is 0 Å². The van der Waals surface area contributed by atoms with E-state index in [0.717, 1.165) is 32.1 Å². The Kier molecular flexibility index (Phi) is 22.3. The molecule has 0 radical (unpaired) electrons. The molecule has 2 heterocycles. The minimum absolute atomic E-state index is 0.0223. The Morgan fingerprint density at radius 1 is 0.368 bits per heavy atom. The number of ether oxygens (including phenoxy) is 11. The molecule has 9 rings (SSSR count). The number of hydrogen-bond acceptors (Lipinski definition) is 18. The smallest absolute Gasteiger partial charge is 0.338 e. The van der Waals surface area contributed by atoms with Gasteiger partial charge < -0.3 is 52.1 Å². The summed E-state index contributed by atoms with van der Waals surface area (Å²) in [4.78, 5) is 99.8. The van der Waals surface area contributed by atoms with Crippen LogP contribution in [0.3, 0.4) is 0 Å². The number of rotatable bonds is 27. The third kappa shape index (κ3) is 16.8. The molecule has 0 spiro atoms. The first-order chi connectivity index (χ1) is 42.5. The summed E-state index contributed by atoms with van der Waals surface area (Å²) >= 11 is 0. The van der Waals surface area contributed by atoms with Gasteiger partial charge in [0.25, 0.3) is 0 Å². The molecule has 18 heteroatoms. The van der Waals surface area contributed by atoms with E-state index in [4.69, 9.17) is 52.1 Å². The fourth-order valence-corrected chi connectivity index (χ4v) is 9.86. The lowest BCUT2D eigenvalue weighted by atomic mass is 9.97. The molecule has 87 heavy (non-hydrogen) atoms. The van der Waals surface area contributed by atoms with E-state index in [2.05, 4.69) is 6.92 Å². The monoisotopic (exact) mass is 1180 g/mol. The Bertz CT molecular complexity index is 3340. The zero-order chi connectivity index (χ0) is 60.8. The number of esters is 7. The number of carbonyl (C=O) groups is 7. The first-order valence-corrected chi connectivity index (χ1v) is 28.8. The van der Waals surface area contributed by atoms with Gasteiger partial charge in [-0.25, -0.2) is 33.6 Å². The molecule has 0 saturated carbocycles. The Balaban J connectivity index is 1.14. The van der Waals surface area contributed by atoms with Crippen molar-refractivity contribution < 1.29 is 85.7 Å². The minimum Gasteiger partial charge on any atom is -0.459 e. The second-order valence-corrected chi connectivity index (χ2v) is 20.5. The van der Waals surface area contributed by atoms with Crippen LogP contribution in [-0.2, 0) is 52.1 Å². The molecule has 2 saturated heterocycles. The molecular formula is C69H66O18. The molecule has 0 N–H and O–H groups in total. The molecule has 0 unspecified atom stereocenters. The van der Waals surface area contributed by atoms with Crippen LogP contribution < -0.4 is 0 Å². The van der Waals surface area contributed by atoms with Crippen molar-refractivity contribution in [3.05, 3.63) is 251 Å². The Hall–Kier alpha value is -9.33. The second-order valence-electron chi connectivity index (χ2n) is 20.5. The number of benzene rings is 7. The lowest BCUT2D eigenvalue weighted by molar-refractivity contribution is -0.311. The zero-order valence-electron chi connectivity index (χ0n) is 47.7. The molecule has 18 nitrogen and oxygen atoms in total. The Morgan fingerprint density at radius 2 is 0.724 bits per heavy atom. The lowest BCUT2D eigenvalue weighted by Gasteiger charge is -2.44. The standard InChI is InChI=1S/C69H66O18/c1-2-3-4-5-6-28-43-80-69(46-79-62(71)48-31-16-8-17-32-48)60(86-67(76)53-41-26-13-27-42-53)57(83-64(73)50-35-20-10-21-36-50)55(87-69)45-78-68-59(85-66(75)52-39-24-12-25-40-52)58(84-65(74)51-37-22-11-23-38-51)56(82-63(72)49-33-18-9-19-34-49)54(81-68)44-77-61(70)47-29-14-7-15-30-47/h7-27,29-42,54-60,68H,2-6,28,43-46H2,1H3/t54-,55-,56-,57-,58+,59-,60+,68+,69+/m1/s1. The molecule has 2 aliphatic heterocycles. The van der Waals surface area contributed by atoms with Crippen molar-refractivity contribution in [1.82, 2.24) is 0 Å². The quantitative estimate of drug-likeness (QED) is 0.0265.